The Morgan fingerprint density at radius 3 is 1.89 bits per heavy atom. The van der Waals surface area contributed by atoms with E-state index in [2.05, 4.69) is 16.6 Å². The minimum Gasteiger partial charge on any atom is -0.454 e. The maximum Gasteiger partial charge on any atom is 0.298 e. The van der Waals surface area contributed by atoms with E-state index in [0.717, 1.165) is 12.1 Å². The van der Waals surface area contributed by atoms with Crippen molar-refractivity contribution in [3.8, 4) is 11.5 Å². The fourth-order valence-corrected chi connectivity index (χ4v) is 4.45. The Balaban J connectivity index is 1.90. The second-order valence-electron chi connectivity index (χ2n) is 8.90. The second kappa shape index (κ2) is 9.87. The molecule has 192 valence electrons. The van der Waals surface area contributed by atoms with E-state index in [-0.39, 0.29) is 28.7 Å². The molecule has 3 rings (SSSR count). The Hall–Kier alpha value is -3.49. The molecule has 0 saturated heterocycles. The molecule has 0 aromatic heterocycles. The molecule has 0 aliphatic carbocycles. The largest absolute Gasteiger partial charge is 0.454 e. The fourth-order valence-electron chi connectivity index (χ4n) is 3.14. The van der Waals surface area contributed by atoms with Gasteiger partial charge in [-0.1, -0.05) is 32.9 Å². The van der Waals surface area contributed by atoms with E-state index in [1.165, 1.54) is 24.3 Å². The number of ether oxygens (including phenoxy) is 1. The van der Waals surface area contributed by atoms with Crippen molar-refractivity contribution in [1.29, 1.82) is 0 Å². The normalized spacial score (nSPS) is 12.2. The average molecular weight is 537 g/mol. The molecule has 3 aromatic rings. The van der Waals surface area contributed by atoms with Crippen molar-refractivity contribution in [1.82, 2.24) is 0 Å². The number of carbonyl (C=O) groups is 1. The highest BCUT2D eigenvalue weighted by Crippen LogP contribution is 2.35. The molecule has 7 N–H and O–H groups in total. The van der Waals surface area contributed by atoms with E-state index in [0.29, 0.717) is 11.3 Å². The van der Waals surface area contributed by atoms with Crippen LogP contribution < -0.4 is 21.3 Å². The molecule has 36 heavy (non-hydrogen) atoms. The molecule has 0 aliphatic heterocycles. The number of benzene rings is 3. The quantitative estimate of drug-likeness (QED) is 0.162. The highest BCUT2D eigenvalue weighted by molar-refractivity contribution is 7.86. The van der Waals surface area contributed by atoms with E-state index in [4.69, 9.17) is 4.74 Å². The molecular formula is C23H26N3O8S2+. The van der Waals surface area contributed by atoms with Crippen LogP contribution in [0.5, 0.6) is 11.5 Å². The van der Waals surface area contributed by atoms with Crippen LogP contribution in [0.4, 0.5) is 17.1 Å². The molecule has 0 saturated carbocycles. The smallest absolute Gasteiger partial charge is 0.298 e. The molecule has 0 atom stereocenters. The van der Waals surface area contributed by atoms with E-state index < -0.39 is 35.4 Å². The van der Waals surface area contributed by atoms with Gasteiger partial charge >= 0.3 is 0 Å². The zero-order chi connectivity index (χ0) is 26.9. The number of anilines is 2. The first kappa shape index (κ1) is 27.1. The third-order valence-electron chi connectivity index (χ3n) is 4.88. The third kappa shape index (κ3) is 6.59. The maximum atomic E-state index is 12.5. The molecule has 0 radical (unpaired) electrons. The van der Waals surface area contributed by atoms with Crippen LogP contribution in [0.3, 0.4) is 0 Å². The molecule has 0 bridgehead atoms. The summed E-state index contributed by atoms with van der Waals surface area (Å²) in [4.78, 5) is 11.2. The van der Waals surface area contributed by atoms with Crippen LogP contribution in [0.2, 0.25) is 0 Å². The molecule has 11 nitrogen and oxygen atoms in total. The minimum atomic E-state index is -4.81. The first-order valence-corrected chi connectivity index (χ1v) is 13.3. The summed E-state index contributed by atoms with van der Waals surface area (Å²) in [5.74, 6) is -0.811. The lowest BCUT2D eigenvalue weighted by molar-refractivity contribution is -0.255. The summed E-state index contributed by atoms with van der Waals surface area (Å²) in [7, 11) is -9.53. The van der Waals surface area contributed by atoms with E-state index in [1.807, 2.05) is 0 Å². The summed E-state index contributed by atoms with van der Waals surface area (Å²) in [6.45, 7) is 5.42. The number of ketones is 1. The summed E-state index contributed by atoms with van der Waals surface area (Å²) < 4.78 is 72.2. The summed E-state index contributed by atoms with van der Waals surface area (Å²) in [5.41, 5.74) is 10.1. The third-order valence-corrected chi connectivity index (χ3v) is 6.63. The Kier molecular flexibility index (Phi) is 7.43. The number of hydrazine groups is 1. The summed E-state index contributed by atoms with van der Waals surface area (Å²) in [6, 6.07) is 14.0. The van der Waals surface area contributed by atoms with Gasteiger partial charge in [0.25, 0.3) is 20.2 Å². The van der Waals surface area contributed by atoms with Crippen LogP contribution in [0.25, 0.3) is 0 Å². The highest BCUT2D eigenvalue weighted by atomic mass is 32.2. The standard InChI is InChI=1S/C23H25N3O8S2/c1-23(2,3)22(27)14-5-4-6-16(11-14)25-26-17-8-10-19(21(13-17)36(31,32)33)34-18-9-7-15(24)12-20(18)35(28,29)30/h4-13,25-26H,24H2,1-3H3,(H,28,29,30)(H,31,32,33)/p+1. The van der Waals surface area contributed by atoms with Gasteiger partial charge in [-0.15, -0.1) is 0 Å². The van der Waals surface area contributed by atoms with E-state index in [1.54, 1.807) is 45.0 Å². The molecular weight excluding hydrogens is 510 g/mol. The second-order valence-corrected chi connectivity index (χ2v) is 11.7. The molecule has 0 amide bonds. The number of Topliss-reactive ketones (excluding diaryl/α,β-unsaturated/α-hetero) is 1. The van der Waals surface area contributed by atoms with Gasteiger partial charge in [0.2, 0.25) is 0 Å². The van der Waals surface area contributed by atoms with Gasteiger partial charge in [0, 0.05) is 23.1 Å². The van der Waals surface area contributed by atoms with Gasteiger partial charge < -0.3 is 21.3 Å². The highest BCUT2D eigenvalue weighted by Gasteiger charge is 2.24. The molecule has 13 heteroatoms. The van der Waals surface area contributed by atoms with Crippen molar-refractivity contribution in [2.75, 3.05) is 10.9 Å². The number of hydrogen-bond donors (Lipinski definition) is 5. The fraction of sp³-hybridized carbons (Fsp3) is 0.174. The lowest BCUT2D eigenvalue weighted by atomic mass is 9.86. The van der Waals surface area contributed by atoms with Crippen LogP contribution in [-0.2, 0) is 20.2 Å². The number of carbonyl (C=O) groups excluding carboxylic acids is 1. The van der Waals surface area contributed by atoms with Gasteiger partial charge in [0.1, 0.15) is 27.0 Å². The van der Waals surface area contributed by atoms with Crippen molar-refractivity contribution in [2.24, 2.45) is 5.41 Å². The topological polar surface area (TPSA) is 187 Å². The van der Waals surface area contributed by atoms with Crippen LogP contribution in [0, 0.1) is 5.41 Å². The Labute approximate surface area is 208 Å². The van der Waals surface area contributed by atoms with Gasteiger partial charge in [-0.2, -0.15) is 16.8 Å². The Morgan fingerprint density at radius 1 is 0.806 bits per heavy atom. The molecule has 0 fully saturated rings. The predicted octanol–water partition coefficient (Wildman–Crippen LogP) is 3.51. The Bertz CT molecular complexity index is 1530. The SMILES string of the molecule is CC(C)(C)C(=O)c1cccc(NNc2ccc(Oc3ccc([NH3+])cc3S(=O)(=O)O)c(S(=O)(=O)O)c2)c1. The number of rotatable bonds is 8. The number of quaternary nitrogens is 1. The van der Waals surface area contributed by atoms with Gasteiger partial charge in [-0.25, -0.2) is 0 Å². The first-order chi connectivity index (χ1) is 16.6. The van der Waals surface area contributed by atoms with Crippen molar-refractivity contribution in [3.63, 3.8) is 0 Å². The molecule has 3 aromatic carbocycles. The minimum absolute atomic E-state index is 0.0579. The maximum absolute atomic E-state index is 12.5. The molecule has 0 spiro atoms. The van der Waals surface area contributed by atoms with Gasteiger partial charge in [0.05, 0.1) is 11.4 Å². The van der Waals surface area contributed by atoms with Crippen LogP contribution in [-0.4, -0.2) is 31.7 Å². The van der Waals surface area contributed by atoms with Gasteiger partial charge in [-0.05, 0) is 36.4 Å². The number of nitrogens with one attached hydrogen (secondary N) is 2. The predicted molar refractivity (Wildman–Crippen MR) is 133 cm³/mol. The molecule has 0 heterocycles. The first-order valence-electron chi connectivity index (χ1n) is 10.5. The lowest BCUT2D eigenvalue weighted by Gasteiger charge is -2.18. The summed E-state index contributed by atoms with van der Waals surface area (Å²) in [5, 5.41) is 0. The van der Waals surface area contributed by atoms with Crippen molar-refractivity contribution < 1.29 is 41.2 Å². The Morgan fingerprint density at radius 2 is 1.33 bits per heavy atom. The average Bonchev–Trinajstić information content (AvgIpc) is 2.77. The lowest BCUT2D eigenvalue weighted by Crippen LogP contribution is -2.40. The molecule has 0 aliphatic rings. The van der Waals surface area contributed by atoms with Crippen LogP contribution in [0.1, 0.15) is 31.1 Å². The summed E-state index contributed by atoms with van der Waals surface area (Å²) >= 11 is 0. The van der Waals surface area contributed by atoms with E-state index >= 15 is 0 Å². The van der Waals surface area contributed by atoms with E-state index in [9.17, 15) is 30.7 Å². The molecule has 0 unspecified atom stereocenters. The monoisotopic (exact) mass is 536 g/mol. The zero-order valence-corrected chi connectivity index (χ0v) is 21.3. The van der Waals surface area contributed by atoms with Crippen molar-refractivity contribution in [2.45, 2.75) is 30.6 Å². The van der Waals surface area contributed by atoms with Crippen molar-refractivity contribution in [3.05, 3.63) is 66.2 Å². The van der Waals surface area contributed by atoms with Gasteiger partial charge in [-0.3, -0.25) is 13.9 Å². The van der Waals surface area contributed by atoms with Gasteiger partial charge in [0.15, 0.2) is 5.78 Å². The zero-order valence-electron chi connectivity index (χ0n) is 19.6. The summed E-state index contributed by atoms with van der Waals surface area (Å²) in [6.07, 6.45) is 0. The van der Waals surface area contributed by atoms with Crippen molar-refractivity contribution >= 4 is 43.1 Å². The van der Waals surface area contributed by atoms with Crippen LogP contribution >= 0.6 is 0 Å². The van der Waals surface area contributed by atoms with Crippen LogP contribution in [0.15, 0.2) is 70.5 Å². The number of hydrogen-bond acceptors (Lipinski definition) is 8.